The molecule has 0 aromatic carbocycles. The Morgan fingerprint density at radius 1 is 1.69 bits per heavy atom. The lowest BCUT2D eigenvalue weighted by Gasteiger charge is -2.29. The van der Waals surface area contributed by atoms with Gasteiger partial charge in [0.25, 0.3) is 5.91 Å². The Hall–Kier alpha value is -2.11. The molecule has 2 amide bonds. The standard InChI is InChI=1S/C10H11N3O3/c1-13-8-6(3-2-4-11-8)5-7(9(13)14)12-10(15)16/h2-4,7,12H,5H2,1H3,(H,15,16). The highest BCUT2D eigenvalue weighted by Gasteiger charge is 2.32. The van der Waals surface area contributed by atoms with Gasteiger partial charge in [0.15, 0.2) is 0 Å². The monoisotopic (exact) mass is 221 g/mol. The van der Waals surface area contributed by atoms with Crippen molar-refractivity contribution in [3.63, 3.8) is 0 Å². The van der Waals surface area contributed by atoms with Crippen molar-refractivity contribution in [2.75, 3.05) is 11.9 Å². The summed E-state index contributed by atoms with van der Waals surface area (Å²) in [7, 11) is 1.59. The van der Waals surface area contributed by atoms with Gasteiger partial charge in [0.1, 0.15) is 11.9 Å². The fourth-order valence-electron chi connectivity index (χ4n) is 1.80. The summed E-state index contributed by atoms with van der Waals surface area (Å²) in [5.41, 5.74) is 0.864. The Labute approximate surface area is 91.9 Å². The van der Waals surface area contributed by atoms with Crippen LogP contribution in [0.5, 0.6) is 0 Å². The summed E-state index contributed by atoms with van der Waals surface area (Å²) in [5.74, 6) is 0.310. The molecule has 0 radical (unpaired) electrons. The van der Waals surface area contributed by atoms with Gasteiger partial charge in [0.2, 0.25) is 0 Å². The van der Waals surface area contributed by atoms with Crippen LogP contribution in [-0.2, 0) is 11.2 Å². The zero-order chi connectivity index (χ0) is 11.7. The molecule has 2 heterocycles. The fraction of sp³-hybridized carbons (Fsp3) is 0.300. The molecular formula is C10H11N3O3. The number of likely N-dealkylation sites (N-methyl/N-ethyl adjacent to an activating group) is 1. The predicted molar refractivity (Wildman–Crippen MR) is 56.3 cm³/mol. The summed E-state index contributed by atoms with van der Waals surface area (Å²) in [5, 5.41) is 10.8. The number of anilines is 1. The van der Waals surface area contributed by atoms with E-state index < -0.39 is 12.1 Å². The quantitative estimate of drug-likeness (QED) is 0.711. The van der Waals surface area contributed by atoms with Gasteiger partial charge in [0.05, 0.1) is 0 Å². The molecule has 2 rings (SSSR count). The number of hydrogen-bond donors (Lipinski definition) is 2. The smallest absolute Gasteiger partial charge is 0.405 e. The summed E-state index contributed by atoms with van der Waals surface area (Å²) in [4.78, 5) is 27.8. The van der Waals surface area contributed by atoms with Gasteiger partial charge in [-0.25, -0.2) is 9.78 Å². The first kappa shape index (κ1) is 10.4. The van der Waals surface area contributed by atoms with Crippen LogP contribution >= 0.6 is 0 Å². The molecule has 1 aliphatic rings. The van der Waals surface area contributed by atoms with E-state index in [-0.39, 0.29) is 5.91 Å². The Morgan fingerprint density at radius 3 is 3.12 bits per heavy atom. The van der Waals surface area contributed by atoms with Crippen molar-refractivity contribution in [2.45, 2.75) is 12.5 Å². The second-order valence-electron chi connectivity index (χ2n) is 3.59. The van der Waals surface area contributed by atoms with E-state index in [0.717, 1.165) is 5.56 Å². The SMILES string of the molecule is CN1C(=O)C(NC(=O)O)Cc2cccnc21. The molecule has 0 aliphatic carbocycles. The maximum atomic E-state index is 11.8. The van der Waals surface area contributed by atoms with E-state index in [9.17, 15) is 9.59 Å². The van der Waals surface area contributed by atoms with Gasteiger partial charge in [0, 0.05) is 19.7 Å². The van der Waals surface area contributed by atoms with E-state index in [2.05, 4.69) is 10.3 Å². The van der Waals surface area contributed by atoms with Crippen molar-refractivity contribution in [3.8, 4) is 0 Å². The minimum Gasteiger partial charge on any atom is -0.465 e. The first-order valence-electron chi connectivity index (χ1n) is 4.80. The maximum absolute atomic E-state index is 11.8. The van der Waals surface area contributed by atoms with E-state index in [4.69, 9.17) is 5.11 Å². The normalized spacial score (nSPS) is 19.2. The molecule has 0 fully saturated rings. The summed E-state index contributed by atoms with van der Waals surface area (Å²) in [6, 6.07) is 2.88. The highest BCUT2D eigenvalue weighted by Crippen LogP contribution is 2.23. The number of rotatable bonds is 1. The lowest BCUT2D eigenvalue weighted by molar-refractivity contribution is -0.120. The third kappa shape index (κ3) is 1.69. The Kier molecular flexibility index (Phi) is 2.47. The van der Waals surface area contributed by atoms with Crippen molar-refractivity contribution >= 4 is 17.8 Å². The topological polar surface area (TPSA) is 82.5 Å². The highest BCUT2D eigenvalue weighted by molar-refractivity contribution is 6.00. The van der Waals surface area contributed by atoms with Crippen LogP contribution in [0.15, 0.2) is 18.3 Å². The number of pyridine rings is 1. The highest BCUT2D eigenvalue weighted by atomic mass is 16.4. The van der Waals surface area contributed by atoms with Crippen LogP contribution in [0.25, 0.3) is 0 Å². The van der Waals surface area contributed by atoms with E-state index >= 15 is 0 Å². The molecule has 6 heteroatoms. The summed E-state index contributed by atoms with van der Waals surface area (Å²) < 4.78 is 0. The number of carbonyl (C=O) groups is 2. The van der Waals surface area contributed by atoms with Crippen molar-refractivity contribution < 1.29 is 14.7 Å². The van der Waals surface area contributed by atoms with Crippen molar-refractivity contribution in [1.82, 2.24) is 10.3 Å². The molecule has 2 N–H and O–H groups in total. The van der Waals surface area contributed by atoms with E-state index in [1.807, 2.05) is 6.07 Å². The number of carbonyl (C=O) groups excluding carboxylic acids is 1. The summed E-state index contributed by atoms with van der Waals surface area (Å²) in [6.45, 7) is 0. The molecule has 1 aromatic heterocycles. The van der Waals surface area contributed by atoms with Crippen LogP contribution in [0.2, 0.25) is 0 Å². The molecule has 1 atom stereocenters. The first-order valence-corrected chi connectivity index (χ1v) is 4.80. The van der Waals surface area contributed by atoms with Crippen LogP contribution in [0, 0.1) is 0 Å². The second-order valence-corrected chi connectivity index (χ2v) is 3.59. The van der Waals surface area contributed by atoms with Crippen molar-refractivity contribution in [3.05, 3.63) is 23.9 Å². The van der Waals surface area contributed by atoms with Gasteiger partial charge in [-0.3, -0.25) is 9.69 Å². The molecule has 1 aromatic rings. The second kappa shape index (κ2) is 3.80. The summed E-state index contributed by atoms with van der Waals surface area (Å²) >= 11 is 0. The fourth-order valence-corrected chi connectivity index (χ4v) is 1.80. The summed E-state index contributed by atoms with van der Waals surface area (Å²) in [6.07, 6.45) is 0.755. The molecule has 1 unspecified atom stereocenters. The molecule has 16 heavy (non-hydrogen) atoms. The Morgan fingerprint density at radius 2 is 2.44 bits per heavy atom. The van der Waals surface area contributed by atoms with Gasteiger partial charge in [-0.15, -0.1) is 0 Å². The number of aromatic nitrogens is 1. The van der Waals surface area contributed by atoms with E-state index in [1.165, 1.54) is 4.90 Å². The average Bonchev–Trinajstić information content (AvgIpc) is 2.25. The molecule has 0 spiro atoms. The van der Waals surface area contributed by atoms with Crippen molar-refractivity contribution in [1.29, 1.82) is 0 Å². The predicted octanol–water partition coefficient (Wildman–Crippen LogP) is 0.237. The number of hydrogen-bond acceptors (Lipinski definition) is 3. The largest absolute Gasteiger partial charge is 0.465 e. The third-order valence-electron chi connectivity index (χ3n) is 2.54. The Bertz CT molecular complexity index is 447. The van der Waals surface area contributed by atoms with Crippen LogP contribution in [0.4, 0.5) is 10.6 Å². The third-order valence-corrected chi connectivity index (χ3v) is 2.54. The number of amides is 2. The number of nitrogens with one attached hydrogen (secondary N) is 1. The minimum atomic E-state index is -1.20. The van der Waals surface area contributed by atoms with Gasteiger partial charge in [-0.2, -0.15) is 0 Å². The molecule has 0 saturated carbocycles. The lowest BCUT2D eigenvalue weighted by atomic mass is 10.0. The maximum Gasteiger partial charge on any atom is 0.405 e. The van der Waals surface area contributed by atoms with Gasteiger partial charge in [-0.05, 0) is 11.6 Å². The number of carboxylic acid groups (broad SMARTS) is 1. The van der Waals surface area contributed by atoms with Crippen molar-refractivity contribution in [2.24, 2.45) is 0 Å². The van der Waals surface area contributed by atoms with Gasteiger partial charge < -0.3 is 10.4 Å². The lowest BCUT2D eigenvalue weighted by Crippen LogP contribution is -2.51. The van der Waals surface area contributed by atoms with Crippen LogP contribution in [0.3, 0.4) is 0 Å². The zero-order valence-corrected chi connectivity index (χ0v) is 8.67. The minimum absolute atomic E-state index is 0.284. The molecule has 0 bridgehead atoms. The molecule has 1 aliphatic heterocycles. The Balaban J connectivity index is 2.32. The molecular weight excluding hydrogens is 210 g/mol. The van der Waals surface area contributed by atoms with E-state index in [0.29, 0.717) is 12.2 Å². The van der Waals surface area contributed by atoms with Gasteiger partial charge in [-0.1, -0.05) is 6.07 Å². The van der Waals surface area contributed by atoms with E-state index in [1.54, 1.807) is 19.3 Å². The zero-order valence-electron chi connectivity index (χ0n) is 8.67. The molecule has 6 nitrogen and oxygen atoms in total. The van der Waals surface area contributed by atoms with Gasteiger partial charge >= 0.3 is 6.09 Å². The average molecular weight is 221 g/mol. The van der Waals surface area contributed by atoms with Crippen LogP contribution < -0.4 is 10.2 Å². The van der Waals surface area contributed by atoms with Crippen LogP contribution in [0.1, 0.15) is 5.56 Å². The molecule has 0 saturated heterocycles. The number of nitrogens with zero attached hydrogens (tertiary/aromatic N) is 2. The first-order chi connectivity index (χ1) is 7.59. The van der Waals surface area contributed by atoms with Crippen LogP contribution in [-0.4, -0.2) is 35.2 Å². The number of fused-ring (bicyclic) bond motifs is 1. The molecule has 84 valence electrons.